The molecule has 0 spiro atoms. The van der Waals surface area contributed by atoms with Crippen molar-refractivity contribution < 1.29 is 19.7 Å². The standard InChI is InChI=1S/C6H10BrNO4/c7-1-2(9)5-4(10)3(8)6(11)12-5/h2-5,9-10H,1,8H2/t2-,3+,4-,5+/m1/s1. The van der Waals surface area contributed by atoms with Crippen molar-refractivity contribution in [1.82, 2.24) is 0 Å². The number of carbonyl (C=O) groups is 1. The van der Waals surface area contributed by atoms with Crippen LogP contribution in [0.25, 0.3) is 0 Å². The number of carbonyl (C=O) groups excluding carboxylic acids is 1. The van der Waals surface area contributed by atoms with E-state index >= 15 is 0 Å². The highest BCUT2D eigenvalue weighted by Gasteiger charge is 2.44. The van der Waals surface area contributed by atoms with E-state index in [0.717, 1.165) is 0 Å². The quantitative estimate of drug-likeness (QED) is 0.397. The minimum Gasteiger partial charge on any atom is -0.455 e. The first kappa shape index (κ1) is 9.91. The van der Waals surface area contributed by atoms with Gasteiger partial charge in [0.25, 0.3) is 0 Å². The van der Waals surface area contributed by atoms with Crippen LogP contribution in [0, 0.1) is 0 Å². The predicted molar refractivity (Wildman–Crippen MR) is 43.7 cm³/mol. The molecular formula is C6H10BrNO4. The molecule has 0 radical (unpaired) electrons. The predicted octanol–water partition coefficient (Wildman–Crippen LogP) is -1.64. The number of ether oxygens (including phenoxy) is 1. The summed E-state index contributed by atoms with van der Waals surface area (Å²) in [7, 11) is 0. The number of esters is 1. The number of hydrogen-bond donors (Lipinski definition) is 3. The summed E-state index contributed by atoms with van der Waals surface area (Å²) in [6.07, 6.45) is -2.95. The van der Waals surface area contributed by atoms with E-state index in [1.54, 1.807) is 0 Å². The van der Waals surface area contributed by atoms with Gasteiger partial charge in [0.05, 0.1) is 0 Å². The minimum atomic E-state index is -1.12. The van der Waals surface area contributed by atoms with Crippen LogP contribution in [0.5, 0.6) is 0 Å². The molecule has 4 atom stereocenters. The maximum Gasteiger partial charge on any atom is 0.326 e. The number of alkyl halides is 1. The van der Waals surface area contributed by atoms with Crippen molar-refractivity contribution in [3.05, 3.63) is 0 Å². The van der Waals surface area contributed by atoms with Crippen LogP contribution in [-0.2, 0) is 9.53 Å². The molecule has 0 unspecified atom stereocenters. The lowest BCUT2D eigenvalue weighted by atomic mass is 10.1. The van der Waals surface area contributed by atoms with Gasteiger partial charge in [-0.2, -0.15) is 0 Å². The third-order valence-electron chi connectivity index (χ3n) is 1.77. The van der Waals surface area contributed by atoms with Gasteiger partial charge in [-0.15, -0.1) is 0 Å². The molecule has 1 fully saturated rings. The number of aliphatic hydroxyl groups is 2. The van der Waals surface area contributed by atoms with Crippen molar-refractivity contribution in [2.75, 3.05) is 5.33 Å². The summed E-state index contributed by atoms with van der Waals surface area (Å²) in [5.41, 5.74) is 5.25. The van der Waals surface area contributed by atoms with E-state index in [-0.39, 0.29) is 5.33 Å². The molecule has 0 aromatic heterocycles. The van der Waals surface area contributed by atoms with Crippen molar-refractivity contribution in [3.63, 3.8) is 0 Å². The summed E-state index contributed by atoms with van der Waals surface area (Å²) in [6.45, 7) is 0. The van der Waals surface area contributed by atoms with E-state index < -0.39 is 30.3 Å². The van der Waals surface area contributed by atoms with Crippen molar-refractivity contribution in [3.8, 4) is 0 Å². The van der Waals surface area contributed by atoms with Gasteiger partial charge in [-0.1, -0.05) is 15.9 Å². The van der Waals surface area contributed by atoms with Gasteiger partial charge >= 0.3 is 5.97 Å². The molecule has 6 heteroatoms. The van der Waals surface area contributed by atoms with Gasteiger partial charge in [-0.3, -0.25) is 4.79 Å². The molecule has 1 heterocycles. The molecule has 70 valence electrons. The lowest BCUT2D eigenvalue weighted by Crippen LogP contribution is -2.43. The molecule has 1 rings (SSSR count). The average molecular weight is 240 g/mol. The number of halogens is 1. The Balaban J connectivity index is 2.64. The van der Waals surface area contributed by atoms with Crippen LogP contribution in [-0.4, -0.2) is 45.9 Å². The second-order valence-electron chi connectivity index (χ2n) is 2.64. The third kappa shape index (κ3) is 1.61. The number of rotatable bonds is 2. The second kappa shape index (κ2) is 3.69. The molecular weight excluding hydrogens is 230 g/mol. The van der Waals surface area contributed by atoms with E-state index in [4.69, 9.17) is 5.73 Å². The molecule has 0 bridgehead atoms. The lowest BCUT2D eigenvalue weighted by molar-refractivity contribution is -0.146. The molecule has 1 saturated heterocycles. The van der Waals surface area contributed by atoms with Gasteiger partial charge in [-0.05, 0) is 0 Å². The summed E-state index contributed by atoms with van der Waals surface area (Å²) in [5.74, 6) is -0.674. The van der Waals surface area contributed by atoms with Gasteiger partial charge in [0.2, 0.25) is 0 Å². The van der Waals surface area contributed by atoms with E-state index in [1.165, 1.54) is 0 Å². The van der Waals surface area contributed by atoms with Crippen molar-refractivity contribution >= 4 is 21.9 Å². The highest BCUT2D eigenvalue weighted by atomic mass is 79.9. The van der Waals surface area contributed by atoms with Crippen molar-refractivity contribution in [2.45, 2.75) is 24.4 Å². The van der Waals surface area contributed by atoms with E-state index in [2.05, 4.69) is 20.7 Å². The fraction of sp³-hybridized carbons (Fsp3) is 0.833. The van der Waals surface area contributed by atoms with Gasteiger partial charge in [-0.25, -0.2) is 0 Å². The molecule has 0 aromatic rings. The Morgan fingerprint density at radius 2 is 2.33 bits per heavy atom. The molecule has 1 aliphatic rings. The topological polar surface area (TPSA) is 92.8 Å². The second-order valence-corrected chi connectivity index (χ2v) is 3.29. The van der Waals surface area contributed by atoms with Crippen LogP contribution < -0.4 is 5.73 Å². The summed E-state index contributed by atoms with van der Waals surface area (Å²) >= 11 is 3.00. The molecule has 0 amide bonds. The van der Waals surface area contributed by atoms with Gasteiger partial charge < -0.3 is 20.7 Å². The summed E-state index contributed by atoms with van der Waals surface area (Å²) < 4.78 is 4.64. The van der Waals surface area contributed by atoms with Gasteiger partial charge in [0.1, 0.15) is 18.2 Å². The zero-order chi connectivity index (χ0) is 9.30. The normalized spacial score (nSPS) is 38.0. The minimum absolute atomic E-state index is 0.231. The van der Waals surface area contributed by atoms with Crippen molar-refractivity contribution in [2.24, 2.45) is 5.73 Å². The first-order chi connectivity index (χ1) is 5.57. The van der Waals surface area contributed by atoms with Crippen molar-refractivity contribution in [1.29, 1.82) is 0 Å². The average Bonchev–Trinajstić information content (AvgIpc) is 2.32. The highest BCUT2D eigenvalue weighted by molar-refractivity contribution is 9.09. The SMILES string of the molecule is N[C@@H]1C(=O)O[C@@H]([C@H](O)CBr)[C@@H]1O. The maximum absolute atomic E-state index is 10.8. The summed E-state index contributed by atoms with van der Waals surface area (Å²) in [6, 6.07) is -1.04. The first-order valence-corrected chi connectivity index (χ1v) is 4.58. The van der Waals surface area contributed by atoms with E-state index in [0.29, 0.717) is 0 Å². The Bertz CT molecular complexity index is 188. The van der Waals surface area contributed by atoms with E-state index in [1.807, 2.05) is 0 Å². The number of hydrogen-bond acceptors (Lipinski definition) is 5. The maximum atomic E-state index is 10.8. The van der Waals surface area contributed by atoms with Crippen LogP contribution in [0.2, 0.25) is 0 Å². The largest absolute Gasteiger partial charge is 0.455 e. The number of aliphatic hydroxyl groups excluding tert-OH is 2. The fourth-order valence-electron chi connectivity index (χ4n) is 1.02. The van der Waals surface area contributed by atoms with Crippen LogP contribution in [0.4, 0.5) is 0 Å². The molecule has 1 aliphatic heterocycles. The Hall–Kier alpha value is -0.170. The Morgan fingerprint density at radius 3 is 2.67 bits per heavy atom. The van der Waals surface area contributed by atoms with Crippen LogP contribution in [0.15, 0.2) is 0 Å². The van der Waals surface area contributed by atoms with Gasteiger partial charge in [0, 0.05) is 5.33 Å². The van der Waals surface area contributed by atoms with Crippen LogP contribution in [0.1, 0.15) is 0 Å². The monoisotopic (exact) mass is 239 g/mol. The molecule has 5 nitrogen and oxygen atoms in total. The van der Waals surface area contributed by atoms with Crippen LogP contribution >= 0.6 is 15.9 Å². The Labute approximate surface area is 77.6 Å². The number of cyclic esters (lactones) is 1. The molecule has 12 heavy (non-hydrogen) atoms. The highest BCUT2D eigenvalue weighted by Crippen LogP contribution is 2.18. The summed E-state index contributed by atoms with van der Waals surface area (Å²) in [5, 5.41) is 18.7. The third-order valence-corrected chi connectivity index (χ3v) is 2.43. The molecule has 0 saturated carbocycles. The Morgan fingerprint density at radius 1 is 1.75 bits per heavy atom. The molecule has 0 aromatic carbocycles. The molecule has 4 N–H and O–H groups in total. The summed E-state index contributed by atoms with van der Waals surface area (Å²) in [4.78, 5) is 10.8. The fourth-order valence-corrected chi connectivity index (χ4v) is 1.39. The molecule has 0 aliphatic carbocycles. The smallest absolute Gasteiger partial charge is 0.326 e. The van der Waals surface area contributed by atoms with E-state index in [9.17, 15) is 15.0 Å². The van der Waals surface area contributed by atoms with Gasteiger partial charge in [0.15, 0.2) is 6.10 Å². The zero-order valence-corrected chi connectivity index (χ0v) is 7.77. The Kier molecular flexibility index (Phi) is 3.05. The zero-order valence-electron chi connectivity index (χ0n) is 6.18. The number of nitrogens with two attached hydrogens (primary N) is 1. The van der Waals surface area contributed by atoms with Crippen LogP contribution in [0.3, 0.4) is 0 Å². The first-order valence-electron chi connectivity index (χ1n) is 3.46. The lowest BCUT2D eigenvalue weighted by Gasteiger charge is -2.17.